The molecule has 9 heteroatoms. The summed E-state index contributed by atoms with van der Waals surface area (Å²) in [6, 6.07) is 15.5. The van der Waals surface area contributed by atoms with Gasteiger partial charge in [0.2, 0.25) is 0 Å². The molecule has 0 spiro atoms. The van der Waals surface area contributed by atoms with Gasteiger partial charge < -0.3 is 10.6 Å². The molecule has 28 heavy (non-hydrogen) atoms. The van der Waals surface area contributed by atoms with Crippen LogP contribution in [0.15, 0.2) is 59.5 Å². The summed E-state index contributed by atoms with van der Waals surface area (Å²) in [6.07, 6.45) is 0. The predicted octanol–water partition coefficient (Wildman–Crippen LogP) is 4.37. The number of aromatic nitrogens is 2. The van der Waals surface area contributed by atoms with E-state index in [4.69, 9.17) is 0 Å². The summed E-state index contributed by atoms with van der Waals surface area (Å²) in [6.45, 7) is 4.60. The van der Waals surface area contributed by atoms with Crippen LogP contribution in [-0.4, -0.2) is 24.9 Å². The third-order valence-corrected chi connectivity index (χ3v) is 5.85. The van der Waals surface area contributed by atoms with Crippen LogP contribution in [0, 0.1) is 10.5 Å². The van der Waals surface area contributed by atoms with Gasteiger partial charge in [-0.15, -0.1) is 0 Å². The second kappa shape index (κ2) is 8.74. The van der Waals surface area contributed by atoms with Gasteiger partial charge in [0.15, 0.2) is 0 Å². The molecule has 0 aliphatic carbocycles. The molecular weight excluding hydrogens is 489 g/mol. The molecule has 146 valence electrons. The third-order valence-electron chi connectivity index (χ3n) is 3.73. The fourth-order valence-corrected chi connectivity index (χ4v) is 3.92. The highest BCUT2D eigenvalue weighted by Gasteiger charge is 2.13. The lowest BCUT2D eigenvalue weighted by Crippen LogP contribution is -2.12. The maximum Gasteiger partial charge on any atom is 0.261 e. The Bertz CT molecular complexity index is 1050. The van der Waals surface area contributed by atoms with Crippen molar-refractivity contribution in [2.24, 2.45) is 0 Å². The van der Waals surface area contributed by atoms with E-state index in [-0.39, 0.29) is 4.90 Å². The standard InChI is InChI=1S/C19H20IN5O2S/c1-3-21-18-12-19(23-13(2)22-18)24-15-6-8-16(9-7-15)25-28(26,27)17-10-4-14(20)5-11-17/h4-12,25H,3H2,1-2H3,(H2,21,22,23,24). The molecule has 0 saturated carbocycles. The molecule has 7 nitrogen and oxygen atoms in total. The van der Waals surface area contributed by atoms with Crippen LogP contribution in [-0.2, 0) is 10.0 Å². The van der Waals surface area contributed by atoms with Gasteiger partial charge in [-0.1, -0.05) is 0 Å². The summed E-state index contributed by atoms with van der Waals surface area (Å²) in [5, 5.41) is 6.36. The van der Waals surface area contributed by atoms with Crippen LogP contribution >= 0.6 is 22.6 Å². The van der Waals surface area contributed by atoms with E-state index >= 15 is 0 Å². The van der Waals surface area contributed by atoms with Gasteiger partial charge in [0.25, 0.3) is 10.0 Å². The van der Waals surface area contributed by atoms with Crippen molar-refractivity contribution >= 4 is 55.6 Å². The van der Waals surface area contributed by atoms with Crippen molar-refractivity contribution in [3.8, 4) is 0 Å². The molecule has 0 unspecified atom stereocenters. The molecule has 0 bridgehead atoms. The van der Waals surface area contributed by atoms with Crippen LogP contribution in [0.5, 0.6) is 0 Å². The van der Waals surface area contributed by atoms with Gasteiger partial charge in [0.05, 0.1) is 4.90 Å². The first-order chi connectivity index (χ1) is 13.4. The van der Waals surface area contributed by atoms with Gasteiger partial charge >= 0.3 is 0 Å². The lowest BCUT2D eigenvalue weighted by atomic mass is 10.3. The third kappa shape index (κ3) is 5.32. The monoisotopic (exact) mass is 509 g/mol. The van der Waals surface area contributed by atoms with Gasteiger partial charge in [-0.05, 0) is 85.0 Å². The molecule has 3 rings (SSSR count). The van der Waals surface area contributed by atoms with Crippen molar-refractivity contribution in [2.75, 3.05) is 21.9 Å². The van der Waals surface area contributed by atoms with Crippen LogP contribution in [0.4, 0.5) is 23.0 Å². The van der Waals surface area contributed by atoms with E-state index in [0.717, 1.165) is 21.6 Å². The summed E-state index contributed by atoms with van der Waals surface area (Å²) in [5.74, 6) is 2.07. The highest BCUT2D eigenvalue weighted by molar-refractivity contribution is 14.1. The normalized spacial score (nSPS) is 11.1. The van der Waals surface area contributed by atoms with Gasteiger partial charge in [-0.3, -0.25) is 4.72 Å². The minimum atomic E-state index is -3.62. The first-order valence-electron chi connectivity index (χ1n) is 8.61. The minimum absolute atomic E-state index is 0.225. The summed E-state index contributed by atoms with van der Waals surface area (Å²) in [4.78, 5) is 8.90. The molecule has 0 atom stereocenters. The highest BCUT2D eigenvalue weighted by atomic mass is 127. The van der Waals surface area contributed by atoms with E-state index in [1.165, 1.54) is 0 Å². The van der Waals surface area contributed by atoms with Crippen LogP contribution in [0.25, 0.3) is 0 Å². The molecular formula is C19H20IN5O2S. The average Bonchev–Trinajstić information content (AvgIpc) is 2.63. The number of halogens is 1. The number of hydrogen-bond acceptors (Lipinski definition) is 6. The van der Waals surface area contributed by atoms with E-state index in [0.29, 0.717) is 17.3 Å². The highest BCUT2D eigenvalue weighted by Crippen LogP contribution is 2.22. The SMILES string of the molecule is CCNc1cc(Nc2ccc(NS(=O)(=O)c3ccc(I)cc3)cc2)nc(C)n1. The number of aryl methyl sites for hydroxylation is 1. The zero-order valence-electron chi connectivity index (χ0n) is 15.4. The topological polar surface area (TPSA) is 96.0 Å². The van der Waals surface area contributed by atoms with Crippen LogP contribution in [0.2, 0.25) is 0 Å². The molecule has 0 aliphatic rings. The lowest BCUT2D eigenvalue weighted by Gasteiger charge is -2.11. The van der Waals surface area contributed by atoms with Crippen LogP contribution < -0.4 is 15.4 Å². The lowest BCUT2D eigenvalue weighted by molar-refractivity contribution is 0.601. The van der Waals surface area contributed by atoms with Gasteiger partial charge in [0.1, 0.15) is 17.5 Å². The second-order valence-electron chi connectivity index (χ2n) is 5.98. The number of anilines is 4. The molecule has 0 radical (unpaired) electrons. The molecule has 0 saturated heterocycles. The van der Waals surface area contributed by atoms with E-state index in [1.54, 1.807) is 48.5 Å². The second-order valence-corrected chi connectivity index (χ2v) is 8.91. The Hall–Kier alpha value is -2.40. The van der Waals surface area contributed by atoms with Crippen molar-refractivity contribution in [3.05, 3.63) is 64.0 Å². The maximum absolute atomic E-state index is 12.5. The van der Waals surface area contributed by atoms with E-state index in [2.05, 4.69) is 47.9 Å². The Morgan fingerprint density at radius 1 is 0.929 bits per heavy atom. The van der Waals surface area contributed by atoms with Crippen LogP contribution in [0.3, 0.4) is 0 Å². The van der Waals surface area contributed by atoms with E-state index < -0.39 is 10.0 Å². The van der Waals surface area contributed by atoms with Gasteiger partial charge in [0, 0.05) is 27.6 Å². The van der Waals surface area contributed by atoms with Crippen molar-refractivity contribution in [1.29, 1.82) is 0 Å². The maximum atomic E-state index is 12.5. The Kier molecular flexibility index (Phi) is 6.35. The van der Waals surface area contributed by atoms with Gasteiger partial charge in [-0.2, -0.15) is 0 Å². The summed E-state index contributed by atoms with van der Waals surface area (Å²) >= 11 is 2.13. The van der Waals surface area contributed by atoms with Crippen molar-refractivity contribution in [1.82, 2.24) is 9.97 Å². The quantitative estimate of drug-likeness (QED) is 0.410. The van der Waals surface area contributed by atoms with E-state index in [1.807, 2.05) is 19.9 Å². The summed E-state index contributed by atoms with van der Waals surface area (Å²) in [7, 11) is -3.62. The number of nitrogens with one attached hydrogen (secondary N) is 3. The van der Waals surface area contributed by atoms with Crippen molar-refractivity contribution in [2.45, 2.75) is 18.7 Å². The van der Waals surface area contributed by atoms with Crippen molar-refractivity contribution < 1.29 is 8.42 Å². The predicted molar refractivity (Wildman–Crippen MR) is 121 cm³/mol. The number of nitrogens with zero attached hydrogens (tertiary/aromatic N) is 2. The molecule has 2 aromatic carbocycles. The Morgan fingerprint density at radius 2 is 1.54 bits per heavy atom. The molecule has 3 N–H and O–H groups in total. The number of benzene rings is 2. The molecule has 0 amide bonds. The van der Waals surface area contributed by atoms with E-state index in [9.17, 15) is 8.42 Å². The smallest absolute Gasteiger partial charge is 0.261 e. The average molecular weight is 509 g/mol. The molecule has 0 fully saturated rings. The Morgan fingerprint density at radius 3 is 2.18 bits per heavy atom. The van der Waals surface area contributed by atoms with Crippen LogP contribution in [0.1, 0.15) is 12.7 Å². The first kappa shape index (κ1) is 20.3. The molecule has 1 aromatic heterocycles. The zero-order valence-corrected chi connectivity index (χ0v) is 18.4. The minimum Gasteiger partial charge on any atom is -0.370 e. The molecule has 3 aromatic rings. The summed E-state index contributed by atoms with van der Waals surface area (Å²) < 4.78 is 28.5. The molecule has 1 heterocycles. The Labute approximate surface area is 178 Å². The zero-order chi connectivity index (χ0) is 20.1. The summed E-state index contributed by atoms with van der Waals surface area (Å²) in [5.41, 5.74) is 1.27. The largest absolute Gasteiger partial charge is 0.370 e. The fourth-order valence-electron chi connectivity index (χ4n) is 2.50. The van der Waals surface area contributed by atoms with Gasteiger partial charge in [-0.25, -0.2) is 18.4 Å². The number of hydrogen-bond donors (Lipinski definition) is 3. The Balaban J connectivity index is 1.72. The first-order valence-corrected chi connectivity index (χ1v) is 11.2. The number of rotatable bonds is 7. The fraction of sp³-hybridized carbons (Fsp3) is 0.158. The molecule has 0 aliphatic heterocycles. The van der Waals surface area contributed by atoms with Crippen molar-refractivity contribution in [3.63, 3.8) is 0 Å². The number of sulfonamides is 1.